The average Bonchev–Trinajstić information content (AvgIpc) is 3.34. The van der Waals surface area contributed by atoms with Gasteiger partial charge in [0.15, 0.2) is 0 Å². The number of hydrogen-bond donors (Lipinski definition) is 0. The second-order valence-corrected chi connectivity index (χ2v) is 7.75. The number of thioether (sulfide) groups is 1. The van der Waals surface area contributed by atoms with Gasteiger partial charge >= 0.3 is 0 Å². The van der Waals surface area contributed by atoms with Crippen molar-refractivity contribution in [2.24, 2.45) is 0 Å². The summed E-state index contributed by atoms with van der Waals surface area (Å²) in [4.78, 5) is 39.7. The topological polar surface area (TPSA) is 66.9 Å². The van der Waals surface area contributed by atoms with E-state index in [0.29, 0.717) is 25.1 Å². The fourth-order valence-corrected chi connectivity index (χ4v) is 4.42. The molecule has 2 fully saturated rings. The molecule has 2 aliphatic heterocycles. The molecule has 6 nitrogen and oxygen atoms in total. The highest BCUT2D eigenvalue weighted by atomic mass is 32.2. The highest BCUT2D eigenvalue weighted by Crippen LogP contribution is 2.28. The van der Waals surface area contributed by atoms with Gasteiger partial charge in [0.1, 0.15) is 5.75 Å². The molecule has 0 saturated carbocycles. The van der Waals surface area contributed by atoms with E-state index in [0.717, 1.165) is 28.6 Å². The third-order valence-corrected chi connectivity index (χ3v) is 5.97. The van der Waals surface area contributed by atoms with Gasteiger partial charge in [0.2, 0.25) is 5.91 Å². The van der Waals surface area contributed by atoms with Crippen LogP contribution >= 0.6 is 11.8 Å². The largest absolute Gasteiger partial charge is 0.497 e. The van der Waals surface area contributed by atoms with E-state index in [1.807, 2.05) is 48.5 Å². The zero-order chi connectivity index (χ0) is 19.7. The highest BCUT2D eigenvalue weighted by molar-refractivity contribution is 8.14. The average molecular weight is 396 g/mol. The van der Waals surface area contributed by atoms with Gasteiger partial charge in [0.05, 0.1) is 18.9 Å². The molecule has 0 spiro atoms. The van der Waals surface area contributed by atoms with Crippen molar-refractivity contribution in [3.05, 3.63) is 54.1 Å². The van der Waals surface area contributed by atoms with Gasteiger partial charge in [0, 0.05) is 18.7 Å². The Morgan fingerprint density at radius 3 is 2.57 bits per heavy atom. The summed E-state index contributed by atoms with van der Waals surface area (Å²) in [6.07, 6.45) is 0.631. The van der Waals surface area contributed by atoms with Gasteiger partial charge in [-0.05, 0) is 41.8 Å². The summed E-state index contributed by atoms with van der Waals surface area (Å²) in [6, 6.07) is 15.0. The molecule has 0 N–H and O–H groups in total. The van der Waals surface area contributed by atoms with E-state index < -0.39 is 0 Å². The minimum Gasteiger partial charge on any atom is -0.497 e. The van der Waals surface area contributed by atoms with E-state index in [-0.39, 0.29) is 28.8 Å². The number of methoxy groups -OCH3 is 1. The fraction of sp³-hybridized carbons (Fsp3) is 0.286. The molecule has 2 aliphatic rings. The predicted octanol–water partition coefficient (Wildman–Crippen LogP) is 3.27. The van der Waals surface area contributed by atoms with E-state index in [1.54, 1.807) is 12.0 Å². The first-order valence-electron chi connectivity index (χ1n) is 9.09. The molecule has 0 radical (unpaired) electrons. The van der Waals surface area contributed by atoms with Crippen molar-refractivity contribution in [1.82, 2.24) is 9.80 Å². The van der Waals surface area contributed by atoms with E-state index >= 15 is 0 Å². The molecule has 0 aliphatic carbocycles. The van der Waals surface area contributed by atoms with Crippen LogP contribution in [0.2, 0.25) is 0 Å². The fourth-order valence-electron chi connectivity index (χ4n) is 3.64. The maximum atomic E-state index is 12.8. The smallest absolute Gasteiger partial charge is 0.289 e. The Morgan fingerprint density at radius 2 is 1.89 bits per heavy atom. The molecule has 4 rings (SSSR count). The molecule has 28 heavy (non-hydrogen) atoms. The van der Waals surface area contributed by atoms with Crippen LogP contribution in [0.15, 0.2) is 48.5 Å². The zero-order valence-electron chi connectivity index (χ0n) is 15.5. The number of hydrogen-bond acceptors (Lipinski definition) is 5. The lowest BCUT2D eigenvalue weighted by molar-refractivity contribution is -0.126. The van der Waals surface area contributed by atoms with Crippen LogP contribution < -0.4 is 4.74 Å². The lowest BCUT2D eigenvalue weighted by Crippen LogP contribution is -2.41. The summed E-state index contributed by atoms with van der Waals surface area (Å²) >= 11 is 1.03. The number of benzene rings is 2. The maximum absolute atomic E-state index is 12.8. The van der Waals surface area contributed by atoms with E-state index in [1.165, 1.54) is 4.90 Å². The summed E-state index contributed by atoms with van der Waals surface area (Å²) in [5, 5.41) is -0.202. The molecule has 1 unspecified atom stereocenters. The van der Waals surface area contributed by atoms with Gasteiger partial charge < -0.3 is 9.64 Å². The number of ether oxygens (including phenoxy) is 1. The Labute approximate surface area is 167 Å². The van der Waals surface area contributed by atoms with Gasteiger partial charge in [0.25, 0.3) is 11.1 Å². The SMILES string of the molecule is COc1cccc(-c2ccc(C(=O)N3CCC(N4C(=O)CSC4=O)C3)cc2)c1. The van der Waals surface area contributed by atoms with Crippen LogP contribution in [0.5, 0.6) is 5.75 Å². The van der Waals surface area contributed by atoms with E-state index in [2.05, 4.69) is 0 Å². The first kappa shape index (κ1) is 18.6. The van der Waals surface area contributed by atoms with Crippen molar-refractivity contribution in [2.75, 3.05) is 26.0 Å². The molecule has 2 aromatic carbocycles. The number of carbonyl (C=O) groups is 3. The number of amides is 3. The molecule has 2 saturated heterocycles. The molecule has 0 bridgehead atoms. The summed E-state index contributed by atoms with van der Waals surface area (Å²) in [5.74, 6) is 0.753. The Morgan fingerprint density at radius 1 is 1.11 bits per heavy atom. The molecule has 2 heterocycles. The summed E-state index contributed by atoms with van der Waals surface area (Å²) in [7, 11) is 1.63. The second-order valence-electron chi connectivity index (χ2n) is 6.82. The third-order valence-electron chi connectivity index (χ3n) is 5.14. The molecule has 144 valence electrons. The number of likely N-dealkylation sites (tertiary alicyclic amines) is 1. The molecule has 2 aromatic rings. The number of carbonyl (C=O) groups excluding carboxylic acids is 3. The van der Waals surface area contributed by atoms with Crippen molar-refractivity contribution in [3.63, 3.8) is 0 Å². The van der Waals surface area contributed by atoms with Crippen LogP contribution in [0.3, 0.4) is 0 Å². The number of rotatable bonds is 4. The van der Waals surface area contributed by atoms with E-state index in [4.69, 9.17) is 4.74 Å². The van der Waals surface area contributed by atoms with Crippen LogP contribution in [0.1, 0.15) is 16.8 Å². The summed E-state index contributed by atoms with van der Waals surface area (Å²) < 4.78 is 5.26. The monoisotopic (exact) mass is 396 g/mol. The van der Waals surface area contributed by atoms with Crippen molar-refractivity contribution < 1.29 is 19.1 Å². The minimum atomic E-state index is -0.213. The lowest BCUT2D eigenvalue weighted by Gasteiger charge is -2.22. The molecule has 3 amide bonds. The van der Waals surface area contributed by atoms with Gasteiger partial charge in [-0.1, -0.05) is 36.0 Å². The van der Waals surface area contributed by atoms with Crippen molar-refractivity contribution in [1.29, 1.82) is 0 Å². The maximum Gasteiger partial charge on any atom is 0.289 e. The van der Waals surface area contributed by atoms with Gasteiger partial charge in [-0.25, -0.2) is 0 Å². The minimum absolute atomic E-state index is 0.0774. The quantitative estimate of drug-likeness (QED) is 0.794. The lowest BCUT2D eigenvalue weighted by atomic mass is 10.0. The van der Waals surface area contributed by atoms with Crippen LogP contribution in [-0.2, 0) is 4.79 Å². The normalized spacial score (nSPS) is 19.4. The van der Waals surface area contributed by atoms with Crippen molar-refractivity contribution >= 4 is 28.8 Å². The highest BCUT2D eigenvalue weighted by Gasteiger charge is 2.40. The second kappa shape index (κ2) is 7.67. The molecule has 1 atom stereocenters. The van der Waals surface area contributed by atoms with Gasteiger partial charge in [-0.3, -0.25) is 19.3 Å². The number of nitrogens with zero attached hydrogens (tertiary/aromatic N) is 2. The standard InChI is InChI=1S/C21H20N2O4S/c1-27-18-4-2-3-16(11-18)14-5-7-15(8-6-14)20(25)22-10-9-17(12-22)23-19(24)13-28-21(23)26/h2-8,11,17H,9-10,12-13H2,1H3. The van der Waals surface area contributed by atoms with Crippen LogP contribution in [0, 0.1) is 0 Å². The Balaban J connectivity index is 1.45. The molecule has 7 heteroatoms. The third kappa shape index (κ3) is 3.49. The van der Waals surface area contributed by atoms with Gasteiger partial charge in [-0.15, -0.1) is 0 Å². The van der Waals surface area contributed by atoms with Crippen molar-refractivity contribution in [3.8, 4) is 16.9 Å². The Kier molecular flexibility index (Phi) is 5.09. The Hall–Kier alpha value is -2.80. The molecule has 0 aromatic heterocycles. The molecular formula is C21H20N2O4S. The zero-order valence-corrected chi connectivity index (χ0v) is 16.3. The summed E-state index contributed by atoms with van der Waals surface area (Å²) in [6.45, 7) is 0.942. The van der Waals surface area contributed by atoms with Crippen LogP contribution in [-0.4, -0.2) is 58.8 Å². The first-order chi connectivity index (χ1) is 13.6. The number of imide groups is 1. The van der Waals surface area contributed by atoms with E-state index in [9.17, 15) is 14.4 Å². The van der Waals surface area contributed by atoms with Crippen LogP contribution in [0.25, 0.3) is 11.1 Å². The Bertz CT molecular complexity index is 912. The predicted molar refractivity (Wildman–Crippen MR) is 107 cm³/mol. The molecular weight excluding hydrogens is 376 g/mol. The summed E-state index contributed by atoms with van der Waals surface area (Å²) in [5.41, 5.74) is 2.61. The van der Waals surface area contributed by atoms with Gasteiger partial charge in [-0.2, -0.15) is 0 Å². The van der Waals surface area contributed by atoms with Crippen LogP contribution in [0.4, 0.5) is 4.79 Å². The first-order valence-corrected chi connectivity index (χ1v) is 10.1. The van der Waals surface area contributed by atoms with Crippen molar-refractivity contribution in [2.45, 2.75) is 12.5 Å².